The standard InChI is InChI=1S/C12H16N2O3.C11H14N2O3.C8H14O3.C4H3ClN2.CH4O2S.Na/c1-16-12(15)9-2-4-10(5-3-9)17-11-8-13-6-7-14-11;14-11(15)8-1-3-9(4-2-8)16-10-7-12-5-6-13-10;1-11-8(10)6-2-4-7(9)5-3-6;5-4-3-6-1-2-7-4;1-4(2)3;/h6-10H,2-5H2,1H3;5-9H,1-4H2,(H,14,15);6-7,9H,2-5H2,1H3;1-3H;1H3,(H,2,3);/q;;;;;+1/p-1. The number of esters is 2. The van der Waals surface area contributed by atoms with Crippen LogP contribution in [0.5, 0.6) is 11.8 Å². The third-order valence-corrected chi connectivity index (χ3v) is 8.84. The molecular formula is C36H50ClN6NaO11S. The number of aliphatic hydroxyl groups is 1. The van der Waals surface area contributed by atoms with Gasteiger partial charge in [-0.05, 0) is 83.3 Å². The Morgan fingerprint density at radius 1 is 0.661 bits per heavy atom. The third kappa shape index (κ3) is 22.4. The van der Waals surface area contributed by atoms with Crippen LogP contribution in [0.1, 0.15) is 77.0 Å². The van der Waals surface area contributed by atoms with Crippen LogP contribution < -0.4 is 39.0 Å². The van der Waals surface area contributed by atoms with Gasteiger partial charge in [-0.1, -0.05) is 22.7 Å². The summed E-state index contributed by atoms with van der Waals surface area (Å²) in [5, 5.41) is 18.4. The number of hydrogen-bond acceptors (Lipinski definition) is 16. The number of carbonyl (C=O) groups excluding carboxylic acids is 2. The summed E-state index contributed by atoms with van der Waals surface area (Å²) < 4.78 is 38.7. The Bertz CT molecular complexity index is 1520. The van der Waals surface area contributed by atoms with Gasteiger partial charge in [0.25, 0.3) is 0 Å². The Balaban J connectivity index is 0.000000373. The summed E-state index contributed by atoms with van der Waals surface area (Å²) >= 11 is 3.50. The molecule has 3 aromatic heterocycles. The number of hydrogen-bond donors (Lipinski definition) is 2. The second-order valence-electron chi connectivity index (χ2n) is 12.6. The molecule has 0 saturated heterocycles. The zero-order valence-corrected chi connectivity index (χ0v) is 35.8. The number of carboxylic acids is 1. The predicted molar refractivity (Wildman–Crippen MR) is 198 cm³/mol. The quantitative estimate of drug-likeness (QED) is 0.194. The molecule has 2 N–H and O–H groups in total. The van der Waals surface area contributed by atoms with E-state index >= 15 is 0 Å². The van der Waals surface area contributed by atoms with Gasteiger partial charge in [0.15, 0.2) is 0 Å². The minimum atomic E-state index is -1.86. The van der Waals surface area contributed by atoms with Crippen molar-refractivity contribution in [2.75, 3.05) is 20.5 Å². The Hall–Kier alpha value is -3.39. The van der Waals surface area contributed by atoms with Gasteiger partial charge in [0, 0.05) is 37.2 Å². The van der Waals surface area contributed by atoms with E-state index in [1.54, 1.807) is 49.6 Å². The summed E-state index contributed by atoms with van der Waals surface area (Å²) in [7, 11) is 2.85. The number of halogens is 1. The monoisotopic (exact) mass is 832 g/mol. The summed E-state index contributed by atoms with van der Waals surface area (Å²) in [5.41, 5.74) is 0. The van der Waals surface area contributed by atoms with Gasteiger partial charge in [-0.15, -0.1) is 0 Å². The fraction of sp³-hybridized carbons (Fsp3) is 0.583. The average molecular weight is 833 g/mol. The predicted octanol–water partition coefficient (Wildman–Crippen LogP) is 1.43. The molecule has 304 valence electrons. The van der Waals surface area contributed by atoms with Crippen molar-refractivity contribution in [3.63, 3.8) is 0 Å². The van der Waals surface area contributed by atoms with E-state index in [9.17, 15) is 14.4 Å². The zero-order valence-electron chi connectivity index (χ0n) is 32.2. The van der Waals surface area contributed by atoms with Gasteiger partial charge in [-0.2, -0.15) is 0 Å². The first-order valence-electron chi connectivity index (χ1n) is 17.8. The molecule has 3 heterocycles. The van der Waals surface area contributed by atoms with Gasteiger partial charge in [-0.25, -0.2) is 15.0 Å². The molecular weight excluding hydrogens is 783 g/mol. The van der Waals surface area contributed by atoms with Crippen LogP contribution in [-0.4, -0.2) is 106 Å². The van der Waals surface area contributed by atoms with E-state index in [-0.39, 0.29) is 77.6 Å². The van der Waals surface area contributed by atoms with E-state index in [2.05, 4.69) is 34.6 Å². The van der Waals surface area contributed by atoms with E-state index in [0.29, 0.717) is 29.8 Å². The molecule has 0 aliphatic heterocycles. The maximum absolute atomic E-state index is 11.3. The van der Waals surface area contributed by atoms with Gasteiger partial charge in [0.2, 0.25) is 11.8 Å². The minimum Gasteiger partial charge on any atom is -0.773 e. The first-order chi connectivity index (χ1) is 26.4. The molecule has 56 heavy (non-hydrogen) atoms. The van der Waals surface area contributed by atoms with Crippen LogP contribution in [-0.2, 0) is 34.9 Å². The number of rotatable bonds is 7. The molecule has 0 aromatic carbocycles. The molecule has 1 atom stereocenters. The molecule has 0 radical (unpaired) electrons. The van der Waals surface area contributed by atoms with Crippen LogP contribution in [0.2, 0.25) is 5.15 Å². The number of aromatic nitrogens is 6. The molecule has 3 aliphatic carbocycles. The van der Waals surface area contributed by atoms with Gasteiger partial charge in [0.1, 0.15) is 17.4 Å². The summed E-state index contributed by atoms with van der Waals surface area (Å²) in [5.74, 6) is -0.0140. The summed E-state index contributed by atoms with van der Waals surface area (Å²) in [4.78, 5) is 56.4. The van der Waals surface area contributed by atoms with E-state index in [4.69, 9.17) is 44.8 Å². The second-order valence-corrected chi connectivity index (χ2v) is 13.8. The van der Waals surface area contributed by atoms with Crippen LogP contribution in [0.4, 0.5) is 0 Å². The Labute approximate surface area is 356 Å². The minimum absolute atomic E-state index is 0. The van der Waals surface area contributed by atoms with Crippen LogP contribution in [0.3, 0.4) is 0 Å². The first kappa shape index (κ1) is 50.6. The van der Waals surface area contributed by atoms with Gasteiger partial charge < -0.3 is 33.7 Å². The first-order valence-corrected chi connectivity index (χ1v) is 19.6. The zero-order chi connectivity index (χ0) is 40.4. The molecule has 3 aliphatic rings. The number of nitrogens with zero attached hydrogens (tertiary/aromatic N) is 6. The normalized spacial score (nSPS) is 22.8. The van der Waals surface area contributed by atoms with Crippen molar-refractivity contribution in [2.45, 2.75) is 95.4 Å². The number of methoxy groups -OCH3 is 2. The maximum Gasteiger partial charge on any atom is 1.00 e. The molecule has 1 unspecified atom stereocenters. The van der Waals surface area contributed by atoms with Crippen molar-refractivity contribution in [3.8, 4) is 11.8 Å². The van der Waals surface area contributed by atoms with Gasteiger partial charge >= 0.3 is 47.5 Å². The largest absolute Gasteiger partial charge is 1.00 e. The van der Waals surface area contributed by atoms with E-state index in [1.807, 2.05) is 0 Å². The topological polar surface area (TPSA) is 246 Å². The van der Waals surface area contributed by atoms with Crippen molar-refractivity contribution < 1.29 is 81.9 Å². The summed E-state index contributed by atoms with van der Waals surface area (Å²) in [6, 6.07) is 0. The Kier molecular flexibility index (Phi) is 26.9. The molecule has 0 spiro atoms. The molecule has 17 nitrogen and oxygen atoms in total. The van der Waals surface area contributed by atoms with Crippen molar-refractivity contribution in [3.05, 3.63) is 60.9 Å². The molecule has 20 heteroatoms. The molecule has 0 bridgehead atoms. The van der Waals surface area contributed by atoms with E-state index in [0.717, 1.165) is 70.5 Å². The van der Waals surface area contributed by atoms with Crippen molar-refractivity contribution in [1.82, 2.24) is 29.9 Å². The SMILES string of the molecule is COC(=O)C1CCC(O)CC1.COC(=O)C1CCC(Oc2cnccn2)CC1.CS(=O)[O-].Clc1cnccn1.O=C(O)C1CCC(Oc2cnccn2)CC1.[Na+]. The van der Waals surface area contributed by atoms with Gasteiger partial charge in [0.05, 0.1) is 56.7 Å². The van der Waals surface area contributed by atoms with Crippen LogP contribution in [0.25, 0.3) is 0 Å². The second kappa shape index (κ2) is 29.8. The fourth-order valence-electron chi connectivity index (χ4n) is 5.80. The molecule has 0 amide bonds. The van der Waals surface area contributed by atoms with Crippen molar-refractivity contribution >= 4 is 40.6 Å². The number of aliphatic hydroxyl groups excluding tert-OH is 1. The molecule has 3 aromatic rings. The van der Waals surface area contributed by atoms with Crippen LogP contribution >= 0.6 is 11.6 Å². The smallest absolute Gasteiger partial charge is 0.773 e. The van der Waals surface area contributed by atoms with Crippen molar-refractivity contribution in [2.24, 2.45) is 17.8 Å². The number of aliphatic carboxylic acids is 1. The maximum atomic E-state index is 11.3. The van der Waals surface area contributed by atoms with Crippen molar-refractivity contribution in [1.29, 1.82) is 0 Å². The molecule has 3 saturated carbocycles. The number of carboxylic acid groups (broad SMARTS) is 1. The third-order valence-electron chi connectivity index (χ3n) is 8.65. The number of ether oxygens (including phenoxy) is 4. The Morgan fingerprint density at radius 2 is 1.02 bits per heavy atom. The number of carbonyl (C=O) groups is 3. The van der Waals surface area contributed by atoms with Gasteiger partial charge in [-0.3, -0.25) is 33.5 Å². The Morgan fingerprint density at radius 3 is 1.30 bits per heavy atom. The van der Waals surface area contributed by atoms with Crippen LogP contribution in [0.15, 0.2) is 55.8 Å². The summed E-state index contributed by atoms with van der Waals surface area (Å²) in [6.07, 6.45) is 24.5. The molecule has 6 rings (SSSR count). The van der Waals surface area contributed by atoms with Crippen LogP contribution in [0, 0.1) is 17.8 Å². The molecule has 3 fully saturated rings. The fourth-order valence-corrected chi connectivity index (χ4v) is 5.92. The average Bonchev–Trinajstić information content (AvgIpc) is 3.20. The summed E-state index contributed by atoms with van der Waals surface area (Å²) in [6.45, 7) is 0. The van der Waals surface area contributed by atoms with E-state index in [1.165, 1.54) is 20.4 Å². The van der Waals surface area contributed by atoms with E-state index < -0.39 is 17.0 Å².